The van der Waals surface area contributed by atoms with Crippen LogP contribution in [-0.2, 0) is 11.2 Å². The summed E-state index contributed by atoms with van der Waals surface area (Å²) in [5, 5.41) is 6.95. The first-order valence-electron chi connectivity index (χ1n) is 6.62. The van der Waals surface area contributed by atoms with Gasteiger partial charge >= 0.3 is 0 Å². The van der Waals surface area contributed by atoms with Crippen LogP contribution in [-0.4, -0.2) is 30.9 Å². The normalized spacial score (nSPS) is 18.3. The summed E-state index contributed by atoms with van der Waals surface area (Å²) in [4.78, 5) is 0. The molecule has 1 fully saturated rings. The average Bonchev–Trinajstić information content (AvgIpc) is 2.92. The highest BCUT2D eigenvalue weighted by molar-refractivity contribution is 7.80. The van der Waals surface area contributed by atoms with Crippen molar-refractivity contribution >= 4 is 17.3 Å². The minimum atomic E-state index is -0.203. The maximum Gasteiger partial charge on any atom is 0.166 e. The maximum atomic E-state index is 12.7. The van der Waals surface area contributed by atoms with Gasteiger partial charge in [0, 0.05) is 19.7 Å². The molecule has 1 aliphatic heterocycles. The summed E-state index contributed by atoms with van der Waals surface area (Å²) >= 11 is 5.19. The minimum Gasteiger partial charge on any atom is -0.376 e. The maximum absolute atomic E-state index is 12.7. The molecular weight excluding hydrogens is 263 g/mol. The van der Waals surface area contributed by atoms with Gasteiger partial charge in [-0.25, -0.2) is 4.39 Å². The Morgan fingerprint density at radius 1 is 1.32 bits per heavy atom. The molecule has 0 amide bonds. The zero-order chi connectivity index (χ0) is 13.5. The summed E-state index contributed by atoms with van der Waals surface area (Å²) in [5.74, 6) is -0.203. The highest BCUT2D eigenvalue weighted by Gasteiger charge is 2.14. The first-order valence-corrected chi connectivity index (χ1v) is 7.02. The fourth-order valence-electron chi connectivity index (χ4n) is 2.05. The van der Waals surface area contributed by atoms with Crippen LogP contribution >= 0.6 is 12.2 Å². The quantitative estimate of drug-likeness (QED) is 0.810. The van der Waals surface area contributed by atoms with Crippen molar-refractivity contribution in [3.63, 3.8) is 0 Å². The summed E-state index contributed by atoms with van der Waals surface area (Å²) in [5.41, 5.74) is 1.09. The van der Waals surface area contributed by atoms with Gasteiger partial charge in [-0.1, -0.05) is 12.1 Å². The zero-order valence-corrected chi connectivity index (χ0v) is 11.6. The van der Waals surface area contributed by atoms with Crippen LogP contribution in [0.3, 0.4) is 0 Å². The van der Waals surface area contributed by atoms with Gasteiger partial charge < -0.3 is 15.4 Å². The molecule has 1 aromatic carbocycles. The standard InChI is InChI=1S/C14H19FN2OS/c15-12-5-3-11(4-6-12)7-8-16-14(19)17-10-13-2-1-9-18-13/h3-6,13H,1-2,7-10H2,(H2,16,17,19). The van der Waals surface area contributed by atoms with E-state index in [0.29, 0.717) is 5.11 Å². The molecular formula is C14H19FN2OS. The number of hydrogen-bond acceptors (Lipinski definition) is 2. The summed E-state index contributed by atoms with van der Waals surface area (Å²) in [7, 11) is 0. The molecule has 0 saturated carbocycles. The van der Waals surface area contributed by atoms with E-state index in [1.807, 2.05) is 0 Å². The van der Waals surface area contributed by atoms with Crippen LogP contribution in [0.4, 0.5) is 4.39 Å². The topological polar surface area (TPSA) is 33.3 Å². The molecule has 0 aromatic heterocycles. The Balaban J connectivity index is 1.59. The molecule has 2 rings (SSSR count). The number of thiocarbonyl (C=S) groups is 1. The molecule has 0 spiro atoms. The van der Waals surface area contributed by atoms with Crippen molar-refractivity contribution in [2.24, 2.45) is 0 Å². The van der Waals surface area contributed by atoms with E-state index >= 15 is 0 Å². The van der Waals surface area contributed by atoms with Crippen molar-refractivity contribution in [2.45, 2.75) is 25.4 Å². The Hall–Kier alpha value is -1.20. The predicted molar refractivity (Wildman–Crippen MR) is 77.7 cm³/mol. The van der Waals surface area contributed by atoms with Gasteiger partial charge in [0.25, 0.3) is 0 Å². The minimum absolute atomic E-state index is 0.203. The van der Waals surface area contributed by atoms with Gasteiger partial charge in [0.15, 0.2) is 5.11 Å². The number of nitrogens with one attached hydrogen (secondary N) is 2. The van der Waals surface area contributed by atoms with Crippen LogP contribution in [0.25, 0.3) is 0 Å². The molecule has 0 aliphatic carbocycles. The van der Waals surface area contributed by atoms with Crippen LogP contribution in [0.5, 0.6) is 0 Å². The van der Waals surface area contributed by atoms with E-state index in [-0.39, 0.29) is 11.9 Å². The third-order valence-electron chi connectivity index (χ3n) is 3.13. The van der Waals surface area contributed by atoms with Gasteiger partial charge in [-0.05, 0) is 49.2 Å². The molecule has 1 saturated heterocycles. The largest absolute Gasteiger partial charge is 0.376 e. The number of halogens is 1. The molecule has 0 radical (unpaired) electrons. The van der Waals surface area contributed by atoms with Crippen molar-refractivity contribution in [3.05, 3.63) is 35.6 Å². The van der Waals surface area contributed by atoms with E-state index in [2.05, 4.69) is 10.6 Å². The van der Waals surface area contributed by atoms with Crippen LogP contribution < -0.4 is 10.6 Å². The van der Waals surface area contributed by atoms with Gasteiger partial charge in [-0.3, -0.25) is 0 Å². The van der Waals surface area contributed by atoms with Gasteiger partial charge in [-0.15, -0.1) is 0 Å². The lowest BCUT2D eigenvalue weighted by Gasteiger charge is -2.13. The second-order valence-corrected chi connectivity index (χ2v) is 5.06. The Bertz CT molecular complexity index is 404. The van der Waals surface area contributed by atoms with Crippen LogP contribution in [0, 0.1) is 5.82 Å². The predicted octanol–water partition coefficient (Wildman–Crippen LogP) is 2.01. The first kappa shape index (κ1) is 14.2. The zero-order valence-electron chi connectivity index (χ0n) is 10.8. The van der Waals surface area contributed by atoms with Gasteiger partial charge in [-0.2, -0.15) is 0 Å². The lowest BCUT2D eigenvalue weighted by molar-refractivity contribution is 0.114. The summed E-state index contributed by atoms with van der Waals surface area (Å²) in [6.07, 6.45) is 3.35. The summed E-state index contributed by atoms with van der Waals surface area (Å²) < 4.78 is 18.2. The lowest BCUT2D eigenvalue weighted by atomic mass is 10.1. The number of ether oxygens (including phenoxy) is 1. The van der Waals surface area contributed by atoms with E-state index in [1.165, 1.54) is 12.1 Å². The van der Waals surface area contributed by atoms with E-state index in [1.54, 1.807) is 12.1 Å². The second kappa shape index (κ2) is 7.40. The van der Waals surface area contributed by atoms with Gasteiger partial charge in [0.2, 0.25) is 0 Å². The van der Waals surface area contributed by atoms with E-state index in [4.69, 9.17) is 17.0 Å². The molecule has 1 aromatic rings. The third kappa shape index (κ3) is 5.12. The fraction of sp³-hybridized carbons (Fsp3) is 0.500. The van der Waals surface area contributed by atoms with E-state index < -0.39 is 0 Å². The Morgan fingerprint density at radius 3 is 2.79 bits per heavy atom. The number of rotatable bonds is 5. The molecule has 1 atom stereocenters. The monoisotopic (exact) mass is 282 g/mol. The van der Waals surface area contributed by atoms with Crippen molar-refractivity contribution in [2.75, 3.05) is 19.7 Å². The Morgan fingerprint density at radius 2 is 2.11 bits per heavy atom. The Labute approximate surface area is 118 Å². The lowest BCUT2D eigenvalue weighted by Crippen LogP contribution is -2.40. The van der Waals surface area contributed by atoms with Gasteiger partial charge in [0.1, 0.15) is 5.82 Å². The molecule has 1 heterocycles. The van der Waals surface area contributed by atoms with E-state index in [0.717, 1.165) is 44.5 Å². The highest BCUT2D eigenvalue weighted by atomic mass is 32.1. The average molecular weight is 282 g/mol. The van der Waals surface area contributed by atoms with Crippen molar-refractivity contribution in [1.82, 2.24) is 10.6 Å². The third-order valence-corrected chi connectivity index (χ3v) is 3.42. The van der Waals surface area contributed by atoms with Crippen LogP contribution in [0.15, 0.2) is 24.3 Å². The molecule has 5 heteroatoms. The van der Waals surface area contributed by atoms with Crippen LogP contribution in [0.2, 0.25) is 0 Å². The summed E-state index contributed by atoms with van der Waals surface area (Å²) in [6, 6.07) is 6.53. The first-order chi connectivity index (χ1) is 9.24. The number of benzene rings is 1. The van der Waals surface area contributed by atoms with Crippen molar-refractivity contribution in [3.8, 4) is 0 Å². The summed E-state index contributed by atoms with van der Waals surface area (Å²) in [6.45, 7) is 2.36. The SMILES string of the molecule is Fc1ccc(CCNC(=S)NCC2CCCO2)cc1. The highest BCUT2D eigenvalue weighted by Crippen LogP contribution is 2.10. The van der Waals surface area contributed by atoms with Gasteiger partial charge in [0.05, 0.1) is 6.10 Å². The Kier molecular flexibility index (Phi) is 5.54. The molecule has 3 nitrogen and oxygen atoms in total. The molecule has 2 N–H and O–H groups in total. The van der Waals surface area contributed by atoms with Crippen molar-refractivity contribution < 1.29 is 9.13 Å². The molecule has 0 bridgehead atoms. The van der Waals surface area contributed by atoms with Crippen molar-refractivity contribution in [1.29, 1.82) is 0 Å². The number of hydrogen-bond donors (Lipinski definition) is 2. The van der Waals surface area contributed by atoms with Crippen LogP contribution in [0.1, 0.15) is 18.4 Å². The second-order valence-electron chi connectivity index (χ2n) is 4.65. The molecule has 1 unspecified atom stereocenters. The smallest absolute Gasteiger partial charge is 0.166 e. The molecule has 1 aliphatic rings. The van der Waals surface area contributed by atoms with E-state index in [9.17, 15) is 4.39 Å². The molecule has 104 valence electrons. The molecule has 19 heavy (non-hydrogen) atoms. The fourth-order valence-corrected chi connectivity index (χ4v) is 2.23.